The zero-order chi connectivity index (χ0) is 24.5. The van der Waals surface area contributed by atoms with Crippen molar-refractivity contribution >= 4 is 16.9 Å². The van der Waals surface area contributed by atoms with Crippen molar-refractivity contribution in [3.63, 3.8) is 0 Å². The third-order valence-electron chi connectivity index (χ3n) is 5.31. The van der Waals surface area contributed by atoms with E-state index in [1.165, 1.54) is 5.56 Å². The lowest BCUT2D eigenvalue weighted by atomic mass is 9.94. The van der Waals surface area contributed by atoms with Gasteiger partial charge in [0, 0.05) is 11.8 Å². The fraction of sp³-hybridized carbons (Fsp3) is 0.217. The Kier molecular flexibility index (Phi) is 6.10. The molecule has 0 bridgehead atoms. The number of nitrogens with one attached hydrogen (secondary N) is 2. The Hall–Kier alpha value is -4.15. The van der Waals surface area contributed by atoms with Gasteiger partial charge in [-0.25, -0.2) is 9.78 Å². The smallest absolute Gasteiger partial charge is 0.490 e. The molecule has 8 nitrogen and oxygen atoms in total. The van der Waals surface area contributed by atoms with E-state index in [9.17, 15) is 18.0 Å². The molecular formula is C23H19F3N4O4. The summed E-state index contributed by atoms with van der Waals surface area (Å²) in [5, 5.41) is 14.4. The molecule has 3 heterocycles. The number of fused-ring (bicyclic) bond motifs is 2. The third kappa shape index (κ3) is 4.92. The molecule has 5 rings (SSSR count). The number of rotatable bonds is 2. The maximum absolute atomic E-state index is 12.7. The average molecular weight is 472 g/mol. The van der Waals surface area contributed by atoms with Crippen LogP contribution in [0.5, 0.6) is 5.75 Å². The summed E-state index contributed by atoms with van der Waals surface area (Å²) in [4.78, 5) is 29.3. The van der Waals surface area contributed by atoms with Gasteiger partial charge in [-0.2, -0.15) is 18.3 Å². The van der Waals surface area contributed by atoms with E-state index in [0.717, 1.165) is 28.9 Å². The Morgan fingerprint density at radius 1 is 1.18 bits per heavy atom. The first kappa shape index (κ1) is 23.0. The fourth-order valence-electron chi connectivity index (χ4n) is 3.64. The van der Waals surface area contributed by atoms with Crippen molar-refractivity contribution in [3.8, 4) is 16.9 Å². The summed E-state index contributed by atoms with van der Waals surface area (Å²) in [5.74, 6) is -1.13. The molecule has 0 spiro atoms. The number of alkyl halides is 3. The molecule has 2 aromatic carbocycles. The molecular weight excluding hydrogens is 453 g/mol. The molecule has 0 saturated carbocycles. The minimum absolute atomic E-state index is 0.0324. The summed E-state index contributed by atoms with van der Waals surface area (Å²) < 4.78 is 37.6. The monoisotopic (exact) mass is 472 g/mol. The van der Waals surface area contributed by atoms with Crippen LogP contribution in [-0.4, -0.2) is 44.0 Å². The highest BCUT2D eigenvalue weighted by molar-refractivity contribution is 5.83. The highest BCUT2D eigenvalue weighted by atomic mass is 19.4. The molecule has 3 N–H and O–H groups in total. The zero-order valence-electron chi connectivity index (χ0n) is 17.8. The van der Waals surface area contributed by atoms with Crippen LogP contribution in [0.15, 0.2) is 53.6 Å². The lowest BCUT2D eigenvalue weighted by Crippen LogP contribution is -2.24. The highest BCUT2D eigenvalue weighted by Crippen LogP contribution is 2.32. The molecule has 34 heavy (non-hydrogen) atoms. The molecule has 1 aliphatic heterocycles. The SMILES string of the molecule is Cc1ccc2c(c1)CC(c1nc3ccc(-c4cn[nH]c4)cc3c(=O)[nH]1)CO2.O=C(O)C(F)(F)F. The van der Waals surface area contributed by atoms with Crippen LogP contribution in [0.1, 0.15) is 22.9 Å². The molecule has 0 radical (unpaired) electrons. The quantitative estimate of drug-likeness (QED) is 0.406. The number of aryl methyl sites for hydroxylation is 1. The molecule has 0 saturated heterocycles. The van der Waals surface area contributed by atoms with Crippen LogP contribution in [0, 0.1) is 6.92 Å². The predicted molar refractivity (Wildman–Crippen MR) is 117 cm³/mol. The molecule has 2 aromatic heterocycles. The molecule has 1 atom stereocenters. The molecule has 1 aliphatic rings. The van der Waals surface area contributed by atoms with E-state index in [1.54, 1.807) is 12.4 Å². The Labute approximate surface area is 190 Å². The van der Waals surface area contributed by atoms with Gasteiger partial charge >= 0.3 is 12.1 Å². The number of carboxylic acid groups (broad SMARTS) is 1. The normalized spacial score (nSPS) is 15.1. The van der Waals surface area contributed by atoms with Gasteiger partial charge < -0.3 is 14.8 Å². The topological polar surface area (TPSA) is 121 Å². The number of carboxylic acids is 1. The maximum atomic E-state index is 12.7. The van der Waals surface area contributed by atoms with Crippen molar-refractivity contribution in [1.29, 1.82) is 0 Å². The van der Waals surface area contributed by atoms with Gasteiger partial charge in [0.05, 0.1) is 29.6 Å². The van der Waals surface area contributed by atoms with Crippen LogP contribution < -0.4 is 10.3 Å². The third-order valence-corrected chi connectivity index (χ3v) is 5.31. The van der Waals surface area contributed by atoms with Crippen molar-refractivity contribution < 1.29 is 27.8 Å². The van der Waals surface area contributed by atoms with Gasteiger partial charge in [0.1, 0.15) is 11.6 Å². The van der Waals surface area contributed by atoms with E-state index in [2.05, 4.69) is 28.2 Å². The van der Waals surface area contributed by atoms with E-state index < -0.39 is 12.1 Å². The number of carbonyl (C=O) groups is 1. The van der Waals surface area contributed by atoms with Crippen LogP contribution in [-0.2, 0) is 11.2 Å². The number of nitrogens with zero attached hydrogens (tertiary/aromatic N) is 2. The summed E-state index contributed by atoms with van der Waals surface area (Å²) in [6.45, 7) is 2.58. The summed E-state index contributed by atoms with van der Waals surface area (Å²) in [5.41, 5.74) is 4.79. The van der Waals surface area contributed by atoms with Gasteiger partial charge in [-0.15, -0.1) is 0 Å². The fourth-order valence-corrected chi connectivity index (χ4v) is 3.64. The Morgan fingerprint density at radius 2 is 1.94 bits per heavy atom. The number of halogens is 3. The molecule has 0 amide bonds. The standard InChI is InChI=1S/C21H18N4O2.C2HF3O2/c1-12-2-5-19-14(6-12)7-15(11-27-19)20-24-18-4-3-13(16-9-22-23-10-16)8-17(18)21(26)25-20;3-2(4,5)1(6)7/h2-6,8-10,15H,7,11H2,1H3,(H,22,23)(H,24,25,26);(H,6,7). The van der Waals surface area contributed by atoms with Crippen LogP contribution >= 0.6 is 0 Å². The van der Waals surface area contributed by atoms with Crippen molar-refractivity contribution in [2.45, 2.75) is 25.4 Å². The first-order chi connectivity index (χ1) is 16.1. The number of ether oxygens (including phenoxy) is 1. The molecule has 0 fully saturated rings. The van der Waals surface area contributed by atoms with E-state index >= 15 is 0 Å². The van der Waals surface area contributed by atoms with E-state index in [1.807, 2.05) is 30.3 Å². The lowest BCUT2D eigenvalue weighted by molar-refractivity contribution is -0.192. The maximum Gasteiger partial charge on any atom is 0.490 e. The first-order valence-corrected chi connectivity index (χ1v) is 10.2. The molecule has 4 aromatic rings. The van der Waals surface area contributed by atoms with Crippen molar-refractivity contribution in [3.05, 3.63) is 76.1 Å². The number of benzene rings is 2. The number of aromatic amines is 2. The number of aromatic nitrogens is 4. The second kappa shape index (κ2) is 9.00. The van der Waals surface area contributed by atoms with Crippen molar-refractivity contribution in [2.24, 2.45) is 0 Å². The van der Waals surface area contributed by atoms with Crippen molar-refractivity contribution in [2.75, 3.05) is 6.61 Å². The summed E-state index contributed by atoms with van der Waals surface area (Å²) in [6.07, 6.45) is -0.746. The van der Waals surface area contributed by atoms with Crippen molar-refractivity contribution in [1.82, 2.24) is 20.2 Å². The number of hydrogen-bond acceptors (Lipinski definition) is 5. The highest BCUT2D eigenvalue weighted by Gasteiger charge is 2.38. The largest absolute Gasteiger partial charge is 0.493 e. The van der Waals surface area contributed by atoms with Crippen LogP contribution in [0.2, 0.25) is 0 Å². The zero-order valence-corrected chi connectivity index (χ0v) is 17.8. The Bertz CT molecular complexity index is 1400. The number of aliphatic carboxylic acids is 1. The van der Waals surface area contributed by atoms with Gasteiger partial charge in [-0.3, -0.25) is 9.89 Å². The van der Waals surface area contributed by atoms with Gasteiger partial charge in [0.15, 0.2) is 0 Å². The van der Waals surface area contributed by atoms with E-state index in [0.29, 0.717) is 23.3 Å². The summed E-state index contributed by atoms with van der Waals surface area (Å²) in [6, 6.07) is 11.9. The van der Waals surface area contributed by atoms with Crippen LogP contribution in [0.25, 0.3) is 22.0 Å². The molecule has 176 valence electrons. The van der Waals surface area contributed by atoms with E-state index in [-0.39, 0.29) is 11.5 Å². The van der Waals surface area contributed by atoms with Crippen LogP contribution in [0.3, 0.4) is 0 Å². The minimum atomic E-state index is -5.08. The Morgan fingerprint density at radius 3 is 2.62 bits per heavy atom. The lowest BCUT2D eigenvalue weighted by Gasteiger charge is -2.25. The van der Waals surface area contributed by atoms with Gasteiger partial charge in [-0.05, 0) is 42.7 Å². The minimum Gasteiger partial charge on any atom is -0.493 e. The summed E-state index contributed by atoms with van der Waals surface area (Å²) >= 11 is 0. The summed E-state index contributed by atoms with van der Waals surface area (Å²) in [7, 11) is 0. The first-order valence-electron chi connectivity index (χ1n) is 10.2. The number of H-pyrrole nitrogens is 2. The van der Waals surface area contributed by atoms with E-state index in [4.69, 9.17) is 19.6 Å². The predicted octanol–water partition coefficient (Wildman–Crippen LogP) is 3.97. The Balaban J connectivity index is 0.000000344. The second-order valence-electron chi connectivity index (χ2n) is 7.80. The van der Waals surface area contributed by atoms with Gasteiger partial charge in [0.2, 0.25) is 0 Å². The average Bonchev–Trinajstić information content (AvgIpc) is 3.33. The van der Waals surface area contributed by atoms with Gasteiger partial charge in [0.25, 0.3) is 5.56 Å². The molecule has 1 unspecified atom stereocenters. The van der Waals surface area contributed by atoms with Gasteiger partial charge in [-0.1, -0.05) is 23.8 Å². The molecule has 11 heteroatoms. The molecule has 0 aliphatic carbocycles. The van der Waals surface area contributed by atoms with Crippen LogP contribution in [0.4, 0.5) is 13.2 Å². The second-order valence-corrected chi connectivity index (χ2v) is 7.80. The number of hydrogen-bond donors (Lipinski definition) is 3.